The SMILES string of the molecule is CCn1c(=O)c(/C=C/C#N)cc2ccccc21. The fraction of sp³-hybridized carbons (Fsp3) is 0.143. The summed E-state index contributed by atoms with van der Waals surface area (Å²) in [7, 11) is 0. The molecule has 0 radical (unpaired) electrons. The Balaban J connectivity index is 2.81. The van der Waals surface area contributed by atoms with Gasteiger partial charge in [-0.1, -0.05) is 18.2 Å². The van der Waals surface area contributed by atoms with E-state index < -0.39 is 0 Å². The lowest BCUT2D eigenvalue weighted by molar-refractivity contribution is 0.758. The second-order valence-electron chi connectivity index (χ2n) is 3.67. The Morgan fingerprint density at radius 3 is 2.88 bits per heavy atom. The van der Waals surface area contributed by atoms with Crippen LogP contribution in [0.1, 0.15) is 12.5 Å². The number of hydrogen-bond donors (Lipinski definition) is 0. The molecule has 0 bridgehead atoms. The first-order valence-corrected chi connectivity index (χ1v) is 5.46. The number of rotatable bonds is 2. The summed E-state index contributed by atoms with van der Waals surface area (Å²) in [4.78, 5) is 12.1. The van der Waals surface area contributed by atoms with E-state index in [0.29, 0.717) is 12.1 Å². The van der Waals surface area contributed by atoms with Crippen molar-refractivity contribution in [3.05, 3.63) is 52.3 Å². The predicted molar refractivity (Wildman–Crippen MR) is 68.5 cm³/mol. The van der Waals surface area contributed by atoms with Crippen molar-refractivity contribution in [2.24, 2.45) is 0 Å². The standard InChI is InChI=1S/C14H12N2O/c1-2-16-13-8-4-3-6-11(13)10-12(14(16)17)7-5-9-15/h3-8,10H,2H2,1H3/b7-5+. The van der Waals surface area contributed by atoms with Crippen molar-refractivity contribution in [3.8, 4) is 6.07 Å². The largest absolute Gasteiger partial charge is 0.308 e. The maximum Gasteiger partial charge on any atom is 0.258 e. The Hall–Kier alpha value is -2.34. The topological polar surface area (TPSA) is 45.8 Å². The van der Waals surface area contributed by atoms with E-state index in [0.717, 1.165) is 10.9 Å². The highest BCUT2D eigenvalue weighted by Gasteiger charge is 2.05. The van der Waals surface area contributed by atoms with Crippen LogP contribution in [0.2, 0.25) is 0 Å². The Morgan fingerprint density at radius 1 is 1.41 bits per heavy atom. The van der Waals surface area contributed by atoms with Crippen LogP contribution >= 0.6 is 0 Å². The van der Waals surface area contributed by atoms with E-state index in [2.05, 4.69) is 0 Å². The average Bonchev–Trinajstić information content (AvgIpc) is 2.36. The molecular weight excluding hydrogens is 212 g/mol. The van der Waals surface area contributed by atoms with Crippen molar-refractivity contribution >= 4 is 17.0 Å². The summed E-state index contributed by atoms with van der Waals surface area (Å²) in [6.07, 6.45) is 2.88. The van der Waals surface area contributed by atoms with E-state index in [4.69, 9.17) is 5.26 Å². The van der Waals surface area contributed by atoms with Crippen molar-refractivity contribution in [3.63, 3.8) is 0 Å². The Morgan fingerprint density at radius 2 is 2.18 bits per heavy atom. The van der Waals surface area contributed by atoms with Crippen LogP contribution in [0, 0.1) is 11.3 Å². The molecule has 0 aliphatic heterocycles. The second kappa shape index (κ2) is 4.67. The van der Waals surface area contributed by atoms with Crippen molar-refractivity contribution < 1.29 is 0 Å². The number of aromatic nitrogens is 1. The van der Waals surface area contributed by atoms with Crippen LogP contribution in [0.5, 0.6) is 0 Å². The van der Waals surface area contributed by atoms with Gasteiger partial charge in [0.1, 0.15) is 0 Å². The van der Waals surface area contributed by atoms with Crippen LogP contribution in [-0.2, 0) is 6.54 Å². The Bertz CT molecular complexity index is 675. The molecule has 0 aliphatic rings. The van der Waals surface area contributed by atoms with Crippen LogP contribution in [0.15, 0.2) is 41.2 Å². The molecule has 0 saturated heterocycles. The van der Waals surface area contributed by atoms with Gasteiger partial charge in [0.15, 0.2) is 0 Å². The first-order chi connectivity index (χ1) is 8.27. The van der Waals surface area contributed by atoms with Gasteiger partial charge in [0, 0.05) is 18.2 Å². The van der Waals surface area contributed by atoms with E-state index in [1.165, 1.54) is 6.08 Å². The molecule has 0 atom stereocenters. The van der Waals surface area contributed by atoms with E-state index in [-0.39, 0.29) is 5.56 Å². The smallest absolute Gasteiger partial charge is 0.258 e. The molecule has 2 aromatic rings. The quantitative estimate of drug-likeness (QED) is 0.736. The lowest BCUT2D eigenvalue weighted by Gasteiger charge is -2.08. The molecule has 1 aromatic heterocycles. The third-order valence-corrected chi connectivity index (χ3v) is 2.68. The number of nitriles is 1. The molecule has 0 N–H and O–H groups in total. The van der Waals surface area contributed by atoms with Crippen LogP contribution in [0.3, 0.4) is 0 Å². The van der Waals surface area contributed by atoms with Crippen LogP contribution in [-0.4, -0.2) is 4.57 Å². The molecule has 1 heterocycles. The van der Waals surface area contributed by atoms with Gasteiger partial charge in [0.05, 0.1) is 11.6 Å². The zero-order valence-electron chi connectivity index (χ0n) is 9.55. The molecule has 17 heavy (non-hydrogen) atoms. The van der Waals surface area contributed by atoms with Crippen LogP contribution in [0.25, 0.3) is 17.0 Å². The maximum absolute atomic E-state index is 12.1. The molecule has 2 rings (SSSR count). The zero-order chi connectivity index (χ0) is 12.3. The van der Waals surface area contributed by atoms with E-state index in [9.17, 15) is 4.79 Å². The van der Waals surface area contributed by atoms with E-state index in [1.807, 2.05) is 43.3 Å². The molecule has 3 heteroatoms. The molecule has 0 aliphatic carbocycles. The normalized spacial score (nSPS) is 10.8. The first kappa shape index (κ1) is 11.2. The van der Waals surface area contributed by atoms with Crippen molar-refractivity contribution in [1.29, 1.82) is 5.26 Å². The number of benzene rings is 1. The van der Waals surface area contributed by atoms with Gasteiger partial charge < -0.3 is 4.57 Å². The highest BCUT2D eigenvalue weighted by molar-refractivity contribution is 5.81. The number of hydrogen-bond acceptors (Lipinski definition) is 2. The number of allylic oxidation sites excluding steroid dienone is 1. The maximum atomic E-state index is 12.1. The monoisotopic (exact) mass is 224 g/mol. The molecule has 0 saturated carbocycles. The lowest BCUT2D eigenvalue weighted by Crippen LogP contribution is -2.21. The van der Waals surface area contributed by atoms with Crippen LogP contribution < -0.4 is 5.56 Å². The molecule has 0 amide bonds. The summed E-state index contributed by atoms with van der Waals surface area (Å²) in [5.74, 6) is 0. The zero-order valence-corrected chi connectivity index (χ0v) is 9.55. The summed E-state index contributed by atoms with van der Waals surface area (Å²) in [5, 5.41) is 9.52. The fourth-order valence-electron chi connectivity index (χ4n) is 1.91. The van der Waals surface area contributed by atoms with Gasteiger partial charge in [-0.2, -0.15) is 5.26 Å². The average molecular weight is 224 g/mol. The third kappa shape index (κ3) is 1.98. The van der Waals surface area contributed by atoms with Gasteiger partial charge in [-0.05, 0) is 30.5 Å². The minimum absolute atomic E-state index is 0.0577. The van der Waals surface area contributed by atoms with Gasteiger partial charge in [0.2, 0.25) is 0 Å². The Kier molecular flexibility index (Phi) is 3.06. The Labute approximate surface area is 99.2 Å². The molecule has 0 fully saturated rings. The number of para-hydroxylation sites is 1. The van der Waals surface area contributed by atoms with Crippen molar-refractivity contribution in [2.75, 3.05) is 0 Å². The highest BCUT2D eigenvalue weighted by Crippen LogP contribution is 2.13. The van der Waals surface area contributed by atoms with Gasteiger partial charge in [-0.3, -0.25) is 4.79 Å². The minimum Gasteiger partial charge on any atom is -0.308 e. The van der Waals surface area contributed by atoms with E-state index >= 15 is 0 Å². The molecule has 0 unspecified atom stereocenters. The number of fused-ring (bicyclic) bond motifs is 1. The van der Waals surface area contributed by atoms with Crippen molar-refractivity contribution in [1.82, 2.24) is 4.57 Å². The van der Waals surface area contributed by atoms with Crippen molar-refractivity contribution in [2.45, 2.75) is 13.5 Å². The lowest BCUT2D eigenvalue weighted by atomic mass is 10.1. The molecular formula is C14H12N2O. The summed E-state index contributed by atoms with van der Waals surface area (Å²) >= 11 is 0. The minimum atomic E-state index is -0.0577. The number of aryl methyl sites for hydroxylation is 1. The van der Waals surface area contributed by atoms with Gasteiger partial charge >= 0.3 is 0 Å². The summed E-state index contributed by atoms with van der Waals surface area (Å²) < 4.78 is 1.71. The van der Waals surface area contributed by atoms with Gasteiger partial charge in [0.25, 0.3) is 5.56 Å². The van der Waals surface area contributed by atoms with Gasteiger partial charge in [-0.25, -0.2) is 0 Å². The summed E-state index contributed by atoms with van der Waals surface area (Å²) in [5.41, 5.74) is 1.42. The third-order valence-electron chi connectivity index (χ3n) is 2.68. The first-order valence-electron chi connectivity index (χ1n) is 5.46. The second-order valence-corrected chi connectivity index (χ2v) is 3.67. The summed E-state index contributed by atoms with van der Waals surface area (Å²) in [6.45, 7) is 2.55. The highest BCUT2D eigenvalue weighted by atomic mass is 16.1. The predicted octanol–water partition coefficient (Wildman–Crippen LogP) is 2.56. The van der Waals surface area contributed by atoms with E-state index in [1.54, 1.807) is 10.6 Å². The fourth-order valence-corrected chi connectivity index (χ4v) is 1.91. The number of pyridine rings is 1. The summed E-state index contributed by atoms with van der Waals surface area (Å²) in [6, 6.07) is 11.5. The molecule has 3 nitrogen and oxygen atoms in total. The number of nitrogens with zero attached hydrogens (tertiary/aromatic N) is 2. The molecule has 84 valence electrons. The van der Waals surface area contributed by atoms with Gasteiger partial charge in [-0.15, -0.1) is 0 Å². The molecule has 1 aromatic carbocycles. The molecule has 0 spiro atoms. The van der Waals surface area contributed by atoms with Crippen LogP contribution in [0.4, 0.5) is 0 Å².